The van der Waals surface area contributed by atoms with Crippen LogP contribution in [-0.2, 0) is 4.74 Å². The minimum atomic E-state index is -0.552. The first kappa shape index (κ1) is 21.4. The highest BCUT2D eigenvalue weighted by Gasteiger charge is 2.37. The zero-order valence-electron chi connectivity index (χ0n) is 18.6. The maximum absolute atomic E-state index is 13.6. The monoisotopic (exact) mass is 465 g/mol. The van der Waals surface area contributed by atoms with Crippen LogP contribution in [0, 0.1) is 6.92 Å². The van der Waals surface area contributed by atoms with Crippen LogP contribution in [0.4, 0.5) is 11.5 Å². The quantitative estimate of drug-likeness (QED) is 0.325. The molecule has 3 aromatic rings. The summed E-state index contributed by atoms with van der Waals surface area (Å²) in [5, 5.41) is 0.656. The number of thioether (sulfide) groups is 1. The maximum atomic E-state index is 13.6. The third-order valence-electron chi connectivity index (χ3n) is 6.03. The smallest absolute Gasteiger partial charge is 0.360 e. The second kappa shape index (κ2) is 8.51. The van der Waals surface area contributed by atoms with Gasteiger partial charge in [0.05, 0.1) is 7.11 Å². The van der Waals surface area contributed by atoms with Gasteiger partial charge < -0.3 is 19.0 Å². The van der Waals surface area contributed by atoms with Crippen molar-refractivity contribution in [1.82, 2.24) is 15.0 Å². The molecule has 0 radical (unpaired) electrons. The Hall–Kier alpha value is -3.40. The van der Waals surface area contributed by atoms with Crippen molar-refractivity contribution in [3.8, 4) is 11.5 Å². The Bertz CT molecular complexity index is 1240. The first-order chi connectivity index (χ1) is 16.0. The van der Waals surface area contributed by atoms with Crippen molar-refractivity contribution in [2.75, 3.05) is 36.3 Å². The summed E-state index contributed by atoms with van der Waals surface area (Å²) in [6.07, 6.45) is 5.60. The molecule has 10 heteroatoms. The molecule has 4 heterocycles. The van der Waals surface area contributed by atoms with Gasteiger partial charge >= 0.3 is 5.97 Å². The van der Waals surface area contributed by atoms with Gasteiger partial charge in [-0.25, -0.2) is 19.7 Å². The molecule has 0 N–H and O–H groups in total. The van der Waals surface area contributed by atoms with Crippen molar-refractivity contribution in [2.45, 2.75) is 31.0 Å². The molecule has 33 heavy (non-hydrogen) atoms. The number of carbonyl (C=O) groups is 2. The van der Waals surface area contributed by atoms with Crippen LogP contribution in [-0.4, -0.2) is 59.3 Å². The van der Waals surface area contributed by atoms with Gasteiger partial charge in [-0.1, -0.05) is 17.8 Å². The Kier molecular flexibility index (Phi) is 5.53. The molecule has 2 aliphatic heterocycles. The number of rotatable bonds is 4. The number of anilines is 2. The van der Waals surface area contributed by atoms with Crippen molar-refractivity contribution in [2.24, 2.45) is 0 Å². The maximum Gasteiger partial charge on any atom is 0.360 e. The number of benzene rings is 1. The number of fused-ring (bicyclic) bond motifs is 3. The van der Waals surface area contributed by atoms with E-state index in [2.05, 4.69) is 19.9 Å². The van der Waals surface area contributed by atoms with E-state index in [9.17, 15) is 9.59 Å². The standard InChI is InChI=1S/C23H23N5O4S/c1-13-18(22(30)31-2)25-20(32-13)14-6-4-7-15(10-14)28-12-16-8-5-9-27(16)19-17(21(28)29)11-24-23(26-19)33-3/h4,6-7,10-11,16H,5,8-9,12H2,1-3H3. The summed E-state index contributed by atoms with van der Waals surface area (Å²) >= 11 is 1.46. The first-order valence-corrected chi connectivity index (χ1v) is 11.9. The van der Waals surface area contributed by atoms with Crippen LogP contribution in [0.5, 0.6) is 0 Å². The molecule has 1 aromatic carbocycles. The number of carbonyl (C=O) groups excluding carboxylic acids is 2. The molecule has 1 atom stereocenters. The minimum absolute atomic E-state index is 0.136. The van der Waals surface area contributed by atoms with E-state index in [1.165, 1.54) is 18.9 Å². The number of aromatic nitrogens is 3. The van der Waals surface area contributed by atoms with E-state index in [0.29, 0.717) is 40.3 Å². The minimum Gasteiger partial charge on any atom is -0.464 e. The molecule has 1 unspecified atom stereocenters. The van der Waals surface area contributed by atoms with E-state index in [1.807, 2.05) is 30.5 Å². The van der Waals surface area contributed by atoms with Gasteiger partial charge in [-0.2, -0.15) is 0 Å². The van der Waals surface area contributed by atoms with E-state index in [4.69, 9.17) is 9.15 Å². The van der Waals surface area contributed by atoms with E-state index in [-0.39, 0.29) is 17.6 Å². The zero-order chi connectivity index (χ0) is 23.1. The highest BCUT2D eigenvalue weighted by molar-refractivity contribution is 7.98. The van der Waals surface area contributed by atoms with Gasteiger partial charge in [0.2, 0.25) is 5.89 Å². The van der Waals surface area contributed by atoms with Gasteiger partial charge in [0.1, 0.15) is 17.1 Å². The van der Waals surface area contributed by atoms with Gasteiger partial charge in [-0.15, -0.1) is 0 Å². The molecule has 1 amide bonds. The van der Waals surface area contributed by atoms with Crippen molar-refractivity contribution in [1.29, 1.82) is 0 Å². The number of oxazole rings is 1. The van der Waals surface area contributed by atoms with Gasteiger partial charge in [0.25, 0.3) is 5.91 Å². The summed E-state index contributed by atoms with van der Waals surface area (Å²) in [5.74, 6) is 0.705. The number of aryl methyl sites for hydroxylation is 1. The second-order valence-corrected chi connectivity index (χ2v) is 8.74. The molecular weight excluding hydrogens is 442 g/mol. The summed E-state index contributed by atoms with van der Waals surface area (Å²) in [5.41, 5.74) is 2.03. The lowest BCUT2D eigenvalue weighted by Crippen LogP contribution is -2.39. The van der Waals surface area contributed by atoms with Crippen LogP contribution in [0.2, 0.25) is 0 Å². The van der Waals surface area contributed by atoms with Crippen molar-refractivity contribution in [3.05, 3.63) is 47.5 Å². The average molecular weight is 466 g/mol. The molecule has 2 aliphatic rings. The SMILES string of the molecule is COC(=O)c1nc(-c2cccc(N3CC4CCCN4c4nc(SC)ncc4C3=O)c2)oc1C. The highest BCUT2D eigenvalue weighted by atomic mass is 32.2. The Labute approximate surface area is 195 Å². The summed E-state index contributed by atoms with van der Waals surface area (Å²) in [4.78, 5) is 42.9. The molecule has 1 fully saturated rings. The topological polar surface area (TPSA) is 102 Å². The normalized spacial score (nSPS) is 17.5. The lowest BCUT2D eigenvalue weighted by molar-refractivity contribution is 0.0592. The number of hydrogen-bond acceptors (Lipinski definition) is 9. The van der Waals surface area contributed by atoms with Gasteiger partial charge in [-0.3, -0.25) is 4.79 Å². The van der Waals surface area contributed by atoms with Gasteiger partial charge in [-0.05, 0) is 44.2 Å². The van der Waals surface area contributed by atoms with Crippen LogP contribution in [0.1, 0.15) is 39.4 Å². The molecule has 2 aromatic heterocycles. The zero-order valence-corrected chi connectivity index (χ0v) is 19.4. The number of ether oxygens (including phenoxy) is 1. The van der Waals surface area contributed by atoms with Gasteiger partial charge in [0, 0.05) is 36.6 Å². The average Bonchev–Trinajstić information content (AvgIpc) is 3.45. The van der Waals surface area contributed by atoms with E-state index in [0.717, 1.165) is 25.1 Å². The molecule has 1 saturated heterocycles. The molecule has 0 spiro atoms. The van der Waals surface area contributed by atoms with Crippen molar-refractivity contribution in [3.63, 3.8) is 0 Å². The van der Waals surface area contributed by atoms with Crippen LogP contribution < -0.4 is 9.80 Å². The third kappa shape index (κ3) is 3.74. The highest BCUT2D eigenvalue weighted by Crippen LogP contribution is 2.35. The number of hydrogen-bond donors (Lipinski definition) is 0. The number of amides is 1. The molecule has 0 saturated carbocycles. The van der Waals surface area contributed by atoms with E-state index < -0.39 is 5.97 Å². The molecule has 0 bridgehead atoms. The first-order valence-electron chi connectivity index (χ1n) is 10.7. The molecule has 9 nitrogen and oxygen atoms in total. The number of nitrogens with zero attached hydrogens (tertiary/aromatic N) is 5. The summed E-state index contributed by atoms with van der Waals surface area (Å²) in [7, 11) is 1.30. The molecular formula is C23H23N5O4S. The molecule has 5 rings (SSSR count). The lowest BCUT2D eigenvalue weighted by Gasteiger charge is -2.27. The predicted molar refractivity (Wildman–Crippen MR) is 124 cm³/mol. The van der Waals surface area contributed by atoms with E-state index >= 15 is 0 Å². The van der Waals surface area contributed by atoms with Crippen LogP contribution in [0.3, 0.4) is 0 Å². The predicted octanol–water partition coefficient (Wildman–Crippen LogP) is 3.58. The fourth-order valence-electron chi connectivity index (χ4n) is 4.40. The third-order valence-corrected chi connectivity index (χ3v) is 6.59. The van der Waals surface area contributed by atoms with Crippen LogP contribution in [0.25, 0.3) is 11.5 Å². The summed E-state index contributed by atoms with van der Waals surface area (Å²) in [6.45, 7) is 3.08. The van der Waals surface area contributed by atoms with E-state index in [1.54, 1.807) is 18.0 Å². The molecule has 170 valence electrons. The Balaban J connectivity index is 1.54. The van der Waals surface area contributed by atoms with Crippen molar-refractivity contribution < 1.29 is 18.7 Å². The Morgan fingerprint density at radius 1 is 1.30 bits per heavy atom. The molecule has 0 aliphatic carbocycles. The van der Waals surface area contributed by atoms with Crippen LogP contribution in [0.15, 0.2) is 40.0 Å². The largest absolute Gasteiger partial charge is 0.464 e. The fourth-order valence-corrected chi connectivity index (χ4v) is 4.74. The summed E-state index contributed by atoms with van der Waals surface area (Å²) in [6, 6.07) is 7.60. The number of methoxy groups -OCH3 is 1. The van der Waals surface area contributed by atoms with Gasteiger partial charge in [0.15, 0.2) is 10.9 Å². The summed E-state index contributed by atoms with van der Waals surface area (Å²) < 4.78 is 10.5. The van der Waals surface area contributed by atoms with Crippen molar-refractivity contribution >= 4 is 35.1 Å². The Morgan fingerprint density at radius 2 is 2.15 bits per heavy atom. The second-order valence-electron chi connectivity index (χ2n) is 7.96. The van der Waals surface area contributed by atoms with Crippen LogP contribution >= 0.6 is 11.8 Å². The lowest BCUT2D eigenvalue weighted by atomic mass is 10.1. The number of esters is 1. The fraction of sp³-hybridized carbons (Fsp3) is 0.348. The Morgan fingerprint density at radius 3 is 2.94 bits per heavy atom.